The lowest BCUT2D eigenvalue weighted by Gasteiger charge is -2.03. The first-order valence-electron chi connectivity index (χ1n) is 6.46. The van der Waals surface area contributed by atoms with Crippen LogP contribution in [0.25, 0.3) is 5.82 Å². The topological polar surface area (TPSA) is 60.7 Å². The Morgan fingerprint density at radius 2 is 1.95 bits per heavy atom. The minimum absolute atomic E-state index is 0.0676. The molecule has 0 saturated carbocycles. The second-order valence-corrected chi connectivity index (χ2v) is 6.33. The van der Waals surface area contributed by atoms with Crippen LogP contribution in [0, 0.1) is 0 Å². The van der Waals surface area contributed by atoms with Crippen molar-refractivity contribution in [2.75, 3.05) is 5.75 Å². The molecule has 22 heavy (non-hydrogen) atoms. The molecule has 0 spiro atoms. The van der Waals surface area contributed by atoms with Crippen molar-refractivity contribution in [3.05, 3.63) is 65.2 Å². The maximum atomic E-state index is 12.1. The number of aromatic nitrogens is 4. The average molecular weight is 375 g/mol. The van der Waals surface area contributed by atoms with E-state index < -0.39 is 0 Å². The molecule has 0 N–H and O–H groups in total. The molecule has 0 amide bonds. The second-order valence-electron chi connectivity index (χ2n) is 4.42. The molecule has 3 rings (SSSR count). The van der Waals surface area contributed by atoms with Crippen molar-refractivity contribution in [1.29, 1.82) is 0 Å². The van der Waals surface area contributed by atoms with Crippen LogP contribution in [0.3, 0.4) is 0 Å². The van der Waals surface area contributed by atoms with Gasteiger partial charge in [-0.2, -0.15) is 0 Å². The number of halogens is 1. The van der Waals surface area contributed by atoms with E-state index in [4.69, 9.17) is 0 Å². The average Bonchev–Trinajstić information content (AvgIpc) is 3.08. The van der Waals surface area contributed by atoms with Crippen LogP contribution in [0.15, 0.2) is 64.6 Å². The van der Waals surface area contributed by atoms with Gasteiger partial charge in [0.25, 0.3) is 0 Å². The van der Waals surface area contributed by atoms with Crippen molar-refractivity contribution in [1.82, 2.24) is 19.7 Å². The van der Waals surface area contributed by atoms with Crippen LogP contribution in [-0.4, -0.2) is 31.3 Å². The highest BCUT2D eigenvalue weighted by atomic mass is 79.9. The Bertz CT molecular complexity index is 757. The van der Waals surface area contributed by atoms with Crippen molar-refractivity contribution in [3.8, 4) is 5.82 Å². The molecule has 0 fully saturated rings. The number of thioether (sulfide) groups is 1. The predicted molar refractivity (Wildman–Crippen MR) is 88.4 cm³/mol. The predicted octanol–water partition coefficient (Wildman–Crippen LogP) is 3.40. The third-order valence-corrected chi connectivity index (χ3v) is 4.36. The molecule has 0 aliphatic heterocycles. The van der Waals surface area contributed by atoms with Crippen molar-refractivity contribution in [2.45, 2.75) is 5.03 Å². The lowest BCUT2D eigenvalue weighted by molar-refractivity contribution is 0.102. The van der Waals surface area contributed by atoms with Gasteiger partial charge in [-0.15, -0.1) is 10.2 Å². The number of hydrogen-bond acceptors (Lipinski definition) is 5. The van der Waals surface area contributed by atoms with E-state index in [1.54, 1.807) is 35.4 Å². The zero-order valence-electron chi connectivity index (χ0n) is 11.4. The van der Waals surface area contributed by atoms with Gasteiger partial charge in [-0.3, -0.25) is 9.36 Å². The zero-order valence-corrected chi connectivity index (χ0v) is 13.8. The van der Waals surface area contributed by atoms with E-state index in [0.29, 0.717) is 22.2 Å². The molecule has 2 aromatic heterocycles. The summed E-state index contributed by atoms with van der Waals surface area (Å²) in [4.78, 5) is 16.0. The van der Waals surface area contributed by atoms with Gasteiger partial charge >= 0.3 is 0 Å². The van der Waals surface area contributed by atoms with Crippen LogP contribution in [0.5, 0.6) is 0 Å². The fraction of sp³-hybridized carbons (Fsp3) is 0.0667. The molecule has 0 aliphatic rings. The number of ketones is 1. The molecule has 0 unspecified atom stereocenters. The van der Waals surface area contributed by atoms with Crippen LogP contribution in [-0.2, 0) is 0 Å². The normalized spacial score (nSPS) is 10.6. The number of benzene rings is 1. The fourth-order valence-electron chi connectivity index (χ4n) is 1.78. The van der Waals surface area contributed by atoms with Crippen molar-refractivity contribution in [2.24, 2.45) is 0 Å². The van der Waals surface area contributed by atoms with E-state index >= 15 is 0 Å². The lowest BCUT2D eigenvalue weighted by Crippen LogP contribution is -2.03. The first kappa shape index (κ1) is 14.9. The van der Waals surface area contributed by atoms with Gasteiger partial charge < -0.3 is 0 Å². The van der Waals surface area contributed by atoms with E-state index in [-0.39, 0.29) is 5.78 Å². The number of hydrogen-bond donors (Lipinski definition) is 0. The number of carbonyl (C=O) groups excluding carboxylic acids is 1. The maximum Gasteiger partial charge on any atom is 0.173 e. The summed E-state index contributed by atoms with van der Waals surface area (Å²) in [6, 6.07) is 11.0. The van der Waals surface area contributed by atoms with Gasteiger partial charge in [-0.1, -0.05) is 39.8 Å². The van der Waals surface area contributed by atoms with E-state index in [9.17, 15) is 4.79 Å². The van der Waals surface area contributed by atoms with E-state index in [1.807, 2.05) is 24.3 Å². The zero-order chi connectivity index (χ0) is 15.4. The summed E-state index contributed by atoms with van der Waals surface area (Å²) < 4.78 is 2.73. The number of Topliss-reactive ketones (excluding diaryl/α,β-unsaturated/α-hetero) is 1. The van der Waals surface area contributed by atoms with Gasteiger partial charge in [0.05, 0.1) is 5.75 Å². The summed E-state index contributed by atoms with van der Waals surface area (Å²) in [5.74, 6) is 1.10. The summed E-state index contributed by atoms with van der Waals surface area (Å²) in [7, 11) is 0. The molecule has 0 atom stereocenters. The van der Waals surface area contributed by atoms with Crippen molar-refractivity contribution >= 4 is 33.5 Å². The highest BCUT2D eigenvalue weighted by molar-refractivity contribution is 9.10. The first-order chi connectivity index (χ1) is 10.7. The summed E-state index contributed by atoms with van der Waals surface area (Å²) in [5, 5.41) is 8.95. The van der Waals surface area contributed by atoms with Gasteiger partial charge in [0.15, 0.2) is 11.6 Å². The van der Waals surface area contributed by atoms with E-state index in [2.05, 4.69) is 31.1 Å². The van der Waals surface area contributed by atoms with Crippen LogP contribution < -0.4 is 0 Å². The molecule has 3 aromatic rings. The SMILES string of the molecule is O=C(CSc1ccc(-n2ccnc2)nn1)c1ccc(Br)cc1. The molecule has 0 bridgehead atoms. The molecule has 0 aliphatic carbocycles. The Balaban J connectivity index is 1.61. The van der Waals surface area contributed by atoms with E-state index in [1.165, 1.54) is 11.8 Å². The number of imidazole rings is 1. The summed E-state index contributed by atoms with van der Waals surface area (Å²) >= 11 is 4.73. The van der Waals surface area contributed by atoms with Crippen molar-refractivity contribution in [3.63, 3.8) is 0 Å². The number of carbonyl (C=O) groups is 1. The first-order valence-corrected chi connectivity index (χ1v) is 8.24. The van der Waals surface area contributed by atoms with Crippen LogP contribution in [0.1, 0.15) is 10.4 Å². The molecule has 0 radical (unpaired) electrons. The Hall–Kier alpha value is -1.99. The standard InChI is InChI=1S/C15H11BrN4OS/c16-12-3-1-11(2-4-12)13(21)9-22-15-6-5-14(18-19-15)20-8-7-17-10-20/h1-8,10H,9H2. The summed E-state index contributed by atoms with van der Waals surface area (Å²) in [5.41, 5.74) is 0.693. The maximum absolute atomic E-state index is 12.1. The molecule has 2 heterocycles. The second kappa shape index (κ2) is 6.85. The Labute approximate surface area is 139 Å². The smallest absolute Gasteiger partial charge is 0.173 e. The molecule has 0 saturated heterocycles. The molecular weight excluding hydrogens is 364 g/mol. The molecule has 1 aromatic carbocycles. The van der Waals surface area contributed by atoms with Crippen LogP contribution in [0.4, 0.5) is 0 Å². The molecular formula is C15H11BrN4OS. The highest BCUT2D eigenvalue weighted by Gasteiger charge is 2.08. The van der Waals surface area contributed by atoms with Crippen LogP contribution in [0.2, 0.25) is 0 Å². The van der Waals surface area contributed by atoms with Crippen LogP contribution >= 0.6 is 27.7 Å². The van der Waals surface area contributed by atoms with Gasteiger partial charge in [-0.25, -0.2) is 4.98 Å². The minimum Gasteiger partial charge on any atom is -0.293 e. The Morgan fingerprint density at radius 1 is 1.14 bits per heavy atom. The highest BCUT2D eigenvalue weighted by Crippen LogP contribution is 2.18. The summed E-state index contributed by atoms with van der Waals surface area (Å²) in [6.45, 7) is 0. The number of nitrogens with zero attached hydrogens (tertiary/aromatic N) is 4. The Morgan fingerprint density at radius 3 is 2.59 bits per heavy atom. The van der Waals surface area contributed by atoms with Gasteiger partial charge in [0.2, 0.25) is 0 Å². The fourth-order valence-corrected chi connectivity index (χ4v) is 2.75. The molecule has 7 heteroatoms. The molecule has 5 nitrogen and oxygen atoms in total. The van der Waals surface area contributed by atoms with Gasteiger partial charge in [0, 0.05) is 22.4 Å². The van der Waals surface area contributed by atoms with Crippen molar-refractivity contribution < 1.29 is 4.79 Å². The monoisotopic (exact) mass is 374 g/mol. The quantitative estimate of drug-likeness (QED) is 0.505. The number of rotatable bonds is 5. The third-order valence-electron chi connectivity index (χ3n) is 2.91. The van der Waals surface area contributed by atoms with Gasteiger partial charge in [0.1, 0.15) is 11.4 Å². The van der Waals surface area contributed by atoms with Gasteiger partial charge in [-0.05, 0) is 24.3 Å². The third kappa shape index (κ3) is 3.61. The van der Waals surface area contributed by atoms with E-state index in [0.717, 1.165) is 4.47 Å². The Kier molecular flexibility index (Phi) is 4.65. The summed E-state index contributed by atoms with van der Waals surface area (Å²) in [6.07, 6.45) is 5.14. The largest absolute Gasteiger partial charge is 0.293 e. The minimum atomic E-state index is 0.0676. The lowest BCUT2D eigenvalue weighted by atomic mass is 10.2. The molecule has 110 valence electrons.